The number of anilines is 2. The Balaban J connectivity index is 1.32. The van der Waals surface area contributed by atoms with Crippen molar-refractivity contribution < 1.29 is 37.4 Å². The minimum Gasteiger partial charge on any atom is -0.469 e. The van der Waals surface area contributed by atoms with Crippen LogP contribution in [0, 0.1) is 11.6 Å². The lowest BCUT2D eigenvalue weighted by Crippen LogP contribution is -2.51. The summed E-state index contributed by atoms with van der Waals surface area (Å²) >= 11 is 0. The summed E-state index contributed by atoms with van der Waals surface area (Å²) in [7, 11) is 1.25. The molecule has 2 aliphatic heterocycles. The standard InChI is InChI=1S/C24H26F2N6O6/c1-37-21(34)3-2-16-14-32(24(36)38-16)15-10-17(25)22(18(26)11-15)31-8-6-30(7-9-31)20(33)13-29-23(35)19-12-27-4-5-28-19/h4-5,10-12,16H,2-3,6-9,13-14H2,1H3,(H,29,35)/t16-/m0/s1. The van der Waals surface area contributed by atoms with Crippen LogP contribution in [-0.4, -0.2) is 91.2 Å². The monoisotopic (exact) mass is 532 g/mol. The first-order valence-corrected chi connectivity index (χ1v) is 11.9. The molecule has 1 atom stereocenters. The third-order valence-electron chi connectivity index (χ3n) is 6.23. The summed E-state index contributed by atoms with van der Waals surface area (Å²) in [5.41, 5.74) is -0.174. The normalized spacial score (nSPS) is 17.3. The predicted octanol–water partition coefficient (Wildman–Crippen LogP) is 1.11. The molecule has 202 valence electrons. The average Bonchev–Trinajstić information content (AvgIpc) is 3.30. The van der Waals surface area contributed by atoms with Crippen LogP contribution in [0.1, 0.15) is 23.3 Å². The fourth-order valence-corrected chi connectivity index (χ4v) is 4.23. The second-order valence-electron chi connectivity index (χ2n) is 8.63. The lowest BCUT2D eigenvalue weighted by Gasteiger charge is -2.36. The number of nitrogens with one attached hydrogen (secondary N) is 1. The first kappa shape index (κ1) is 26.7. The predicted molar refractivity (Wildman–Crippen MR) is 128 cm³/mol. The van der Waals surface area contributed by atoms with Crippen molar-refractivity contribution in [1.82, 2.24) is 20.2 Å². The number of cyclic esters (lactones) is 1. The molecule has 0 spiro atoms. The maximum absolute atomic E-state index is 15.0. The lowest BCUT2D eigenvalue weighted by molar-refractivity contribution is -0.141. The van der Waals surface area contributed by atoms with Crippen molar-refractivity contribution in [3.63, 3.8) is 0 Å². The summed E-state index contributed by atoms with van der Waals surface area (Å²) in [5, 5.41) is 2.48. The molecule has 12 nitrogen and oxygen atoms in total. The van der Waals surface area contributed by atoms with E-state index in [0.29, 0.717) is 0 Å². The number of aromatic nitrogens is 2. The number of benzene rings is 1. The van der Waals surface area contributed by atoms with Gasteiger partial charge in [0.15, 0.2) is 11.6 Å². The Morgan fingerprint density at radius 1 is 1.13 bits per heavy atom. The van der Waals surface area contributed by atoms with Gasteiger partial charge in [-0.2, -0.15) is 0 Å². The Morgan fingerprint density at radius 3 is 2.47 bits per heavy atom. The highest BCUT2D eigenvalue weighted by atomic mass is 19.1. The van der Waals surface area contributed by atoms with Crippen LogP contribution in [0.5, 0.6) is 0 Å². The molecule has 0 unspecified atom stereocenters. The fourth-order valence-electron chi connectivity index (χ4n) is 4.23. The van der Waals surface area contributed by atoms with Crippen molar-refractivity contribution in [3.8, 4) is 0 Å². The van der Waals surface area contributed by atoms with E-state index in [9.17, 15) is 19.2 Å². The number of piperazine rings is 1. The van der Waals surface area contributed by atoms with Crippen LogP contribution in [0.2, 0.25) is 0 Å². The van der Waals surface area contributed by atoms with E-state index in [1.54, 1.807) is 0 Å². The molecule has 3 heterocycles. The van der Waals surface area contributed by atoms with Gasteiger partial charge >= 0.3 is 12.1 Å². The van der Waals surface area contributed by atoms with E-state index in [1.807, 2.05) is 0 Å². The van der Waals surface area contributed by atoms with Gasteiger partial charge in [-0.05, 0) is 6.42 Å². The molecule has 0 aliphatic carbocycles. The molecular weight excluding hydrogens is 506 g/mol. The third kappa shape index (κ3) is 6.12. The number of hydrogen-bond donors (Lipinski definition) is 1. The van der Waals surface area contributed by atoms with Gasteiger partial charge in [0.2, 0.25) is 5.91 Å². The number of hydrogen-bond acceptors (Lipinski definition) is 9. The Labute approximate surface area is 216 Å². The number of carbonyl (C=O) groups is 4. The van der Waals surface area contributed by atoms with Gasteiger partial charge in [0.05, 0.1) is 32.1 Å². The highest BCUT2D eigenvalue weighted by molar-refractivity contribution is 5.94. The molecule has 1 aromatic carbocycles. The van der Waals surface area contributed by atoms with Crippen LogP contribution in [0.4, 0.5) is 25.0 Å². The minimum atomic E-state index is -0.859. The summed E-state index contributed by atoms with van der Waals surface area (Å²) in [6.45, 7) is 0.514. The maximum Gasteiger partial charge on any atom is 0.414 e. The molecule has 0 saturated carbocycles. The number of amides is 3. The number of rotatable bonds is 8. The molecule has 14 heteroatoms. The van der Waals surface area contributed by atoms with E-state index in [0.717, 1.165) is 17.0 Å². The highest BCUT2D eigenvalue weighted by Gasteiger charge is 2.34. The average molecular weight is 533 g/mol. The van der Waals surface area contributed by atoms with Crippen LogP contribution in [-0.2, 0) is 19.1 Å². The molecule has 0 bridgehead atoms. The molecule has 1 N–H and O–H groups in total. The second-order valence-corrected chi connectivity index (χ2v) is 8.63. The molecule has 2 aromatic rings. The number of methoxy groups -OCH3 is 1. The van der Waals surface area contributed by atoms with Gasteiger partial charge < -0.3 is 24.6 Å². The quantitative estimate of drug-likeness (QED) is 0.496. The van der Waals surface area contributed by atoms with E-state index < -0.39 is 35.7 Å². The van der Waals surface area contributed by atoms with Gasteiger partial charge in [-0.1, -0.05) is 0 Å². The maximum atomic E-state index is 15.0. The van der Waals surface area contributed by atoms with Crippen LogP contribution in [0.15, 0.2) is 30.7 Å². The Hall–Kier alpha value is -4.36. The summed E-state index contributed by atoms with van der Waals surface area (Å²) < 4.78 is 39.8. The largest absolute Gasteiger partial charge is 0.469 e. The third-order valence-corrected chi connectivity index (χ3v) is 6.23. The molecule has 38 heavy (non-hydrogen) atoms. The van der Waals surface area contributed by atoms with Crippen LogP contribution in [0.3, 0.4) is 0 Å². The minimum absolute atomic E-state index is 0.00183. The van der Waals surface area contributed by atoms with Gasteiger partial charge in [-0.25, -0.2) is 18.6 Å². The number of halogens is 2. The van der Waals surface area contributed by atoms with Crippen LogP contribution < -0.4 is 15.1 Å². The zero-order valence-electron chi connectivity index (χ0n) is 20.6. The van der Waals surface area contributed by atoms with E-state index in [-0.39, 0.29) is 75.1 Å². The van der Waals surface area contributed by atoms with Gasteiger partial charge in [0.1, 0.15) is 17.5 Å². The first-order chi connectivity index (χ1) is 18.3. The smallest absolute Gasteiger partial charge is 0.414 e. The van der Waals surface area contributed by atoms with Gasteiger partial charge in [-0.3, -0.25) is 24.3 Å². The van der Waals surface area contributed by atoms with Crippen molar-refractivity contribution in [3.05, 3.63) is 48.1 Å². The van der Waals surface area contributed by atoms with Crippen molar-refractivity contribution >= 4 is 35.3 Å². The number of ether oxygens (including phenoxy) is 2. The van der Waals surface area contributed by atoms with E-state index in [2.05, 4.69) is 20.0 Å². The topological polar surface area (TPSA) is 134 Å². The van der Waals surface area contributed by atoms with Crippen molar-refractivity contribution in [2.45, 2.75) is 18.9 Å². The SMILES string of the molecule is COC(=O)CC[C@H]1CN(c2cc(F)c(N3CCN(C(=O)CNC(=O)c4cnccn4)CC3)c(F)c2)C(=O)O1. The highest BCUT2D eigenvalue weighted by Crippen LogP contribution is 2.32. The molecule has 1 aromatic heterocycles. The van der Waals surface area contributed by atoms with Crippen molar-refractivity contribution in [2.24, 2.45) is 0 Å². The van der Waals surface area contributed by atoms with Crippen LogP contribution >= 0.6 is 0 Å². The molecule has 2 fully saturated rings. The summed E-state index contributed by atoms with van der Waals surface area (Å²) in [5.74, 6) is -3.04. The van der Waals surface area contributed by atoms with Crippen molar-refractivity contribution in [1.29, 1.82) is 0 Å². The molecule has 2 aliphatic rings. The van der Waals surface area contributed by atoms with E-state index in [1.165, 1.54) is 35.5 Å². The Morgan fingerprint density at radius 2 is 1.84 bits per heavy atom. The van der Waals surface area contributed by atoms with E-state index in [4.69, 9.17) is 4.74 Å². The Bertz CT molecular complexity index is 1190. The molecule has 2 saturated heterocycles. The number of esters is 1. The summed E-state index contributed by atoms with van der Waals surface area (Å²) in [6, 6.07) is 2.11. The van der Waals surface area contributed by atoms with E-state index >= 15 is 8.78 Å². The van der Waals surface area contributed by atoms with Crippen molar-refractivity contribution in [2.75, 3.05) is 56.2 Å². The molecule has 0 radical (unpaired) electrons. The summed E-state index contributed by atoms with van der Waals surface area (Å²) in [6.07, 6.45) is 2.97. The molecule has 4 rings (SSSR count). The fraction of sp³-hybridized carbons (Fsp3) is 0.417. The zero-order chi connectivity index (χ0) is 27.2. The van der Waals surface area contributed by atoms with Gasteiger partial charge in [0, 0.05) is 57.1 Å². The zero-order valence-corrected chi connectivity index (χ0v) is 20.6. The lowest BCUT2D eigenvalue weighted by atomic mass is 10.1. The molecule has 3 amide bonds. The number of carbonyl (C=O) groups excluding carboxylic acids is 4. The molecular formula is C24H26F2N6O6. The number of nitrogens with zero attached hydrogens (tertiary/aromatic N) is 5. The van der Waals surface area contributed by atoms with Crippen LogP contribution in [0.25, 0.3) is 0 Å². The summed E-state index contributed by atoms with van der Waals surface area (Å²) in [4.78, 5) is 59.9. The second kappa shape index (κ2) is 11.8. The van der Waals surface area contributed by atoms with Gasteiger partial charge in [-0.15, -0.1) is 0 Å². The first-order valence-electron chi connectivity index (χ1n) is 11.9. The Kier molecular flexibility index (Phi) is 8.28. The van der Waals surface area contributed by atoms with Gasteiger partial charge in [0.25, 0.3) is 5.91 Å².